The summed E-state index contributed by atoms with van der Waals surface area (Å²) in [5.74, 6) is 0.994. The van der Waals surface area contributed by atoms with E-state index >= 15 is 0 Å². The van der Waals surface area contributed by atoms with Crippen LogP contribution in [0.1, 0.15) is 29.7 Å². The molecule has 1 fully saturated rings. The highest BCUT2D eigenvalue weighted by molar-refractivity contribution is 5.91. The second kappa shape index (κ2) is 4.24. The van der Waals surface area contributed by atoms with Gasteiger partial charge in [0.1, 0.15) is 5.75 Å². The van der Waals surface area contributed by atoms with E-state index in [1.54, 1.807) is 7.11 Å². The van der Waals surface area contributed by atoms with Crippen LogP contribution in [0.3, 0.4) is 0 Å². The smallest absolute Gasteiger partial charge is 0.124 e. The largest absolute Gasteiger partial charge is 0.496 e. The Balaban J connectivity index is 2.01. The van der Waals surface area contributed by atoms with Crippen LogP contribution in [-0.2, 0) is 12.1 Å². The molecule has 3 heterocycles. The summed E-state index contributed by atoms with van der Waals surface area (Å²) in [5.41, 5.74) is 5.44. The quantitative estimate of drug-likeness (QED) is 0.745. The van der Waals surface area contributed by atoms with Crippen molar-refractivity contribution in [1.82, 2.24) is 15.6 Å². The molecule has 4 nitrogen and oxygen atoms in total. The molecule has 0 atom stereocenters. The number of fused-ring (bicyclic) bond motifs is 1. The molecule has 2 aliphatic heterocycles. The number of ether oxygens (including phenoxy) is 1. The lowest BCUT2D eigenvalue weighted by Gasteiger charge is -2.42. The molecular formula is C16H21N3O. The first-order valence-electron chi connectivity index (χ1n) is 7.39. The number of hydrogen-bond acceptors (Lipinski definition) is 3. The van der Waals surface area contributed by atoms with E-state index < -0.39 is 0 Å². The highest BCUT2D eigenvalue weighted by Crippen LogP contribution is 2.44. The van der Waals surface area contributed by atoms with E-state index in [9.17, 15) is 0 Å². The molecule has 3 N–H and O–H groups in total. The minimum atomic E-state index is 0.132. The average molecular weight is 271 g/mol. The Morgan fingerprint density at radius 1 is 1.20 bits per heavy atom. The number of methoxy groups -OCH3 is 1. The van der Waals surface area contributed by atoms with Gasteiger partial charge in [0.25, 0.3) is 0 Å². The van der Waals surface area contributed by atoms with Crippen molar-refractivity contribution in [3.63, 3.8) is 0 Å². The number of H-pyrrole nitrogens is 1. The number of aryl methyl sites for hydroxylation is 1. The topological polar surface area (TPSA) is 49.1 Å². The van der Waals surface area contributed by atoms with Crippen molar-refractivity contribution >= 4 is 10.9 Å². The molecule has 0 saturated carbocycles. The molecule has 4 rings (SSSR count). The molecule has 1 aromatic carbocycles. The summed E-state index contributed by atoms with van der Waals surface area (Å²) in [6.45, 7) is 5.25. The summed E-state index contributed by atoms with van der Waals surface area (Å²) < 4.78 is 5.55. The highest BCUT2D eigenvalue weighted by atomic mass is 16.5. The maximum absolute atomic E-state index is 5.55. The average Bonchev–Trinajstić information content (AvgIpc) is 2.82. The van der Waals surface area contributed by atoms with Crippen molar-refractivity contribution < 1.29 is 4.74 Å². The first-order valence-corrected chi connectivity index (χ1v) is 7.39. The highest BCUT2D eigenvalue weighted by Gasteiger charge is 2.40. The number of rotatable bonds is 1. The zero-order valence-corrected chi connectivity index (χ0v) is 12.1. The zero-order chi connectivity index (χ0) is 13.7. The van der Waals surface area contributed by atoms with Gasteiger partial charge < -0.3 is 20.4 Å². The van der Waals surface area contributed by atoms with Gasteiger partial charge in [-0.3, -0.25) is 0 Å². The minimum Gasteiger partial charge on any atom is -0.496 e. The standard InChI is InChI=1S/C16H21N3O/c1-10-15-14-11(13(20-2)4-3-12(14)19-10)9-18-16(15)5-7-17-8-6-16/h3-4,17-19H,5-9H2,1-2H3. The molecule has 0 bridgehead atoms. The lowest BCUT2D eigenvalue weighted by molar-refractivity contribution is 0.238. The van der Waals surface area contributed by atoms with Crippen molar-refractivity contribution in [2.45, 2.75) is 31.8 Å². The van der Waals surface area contributed by atoms with Gasteiger partial charge in [0, 0.05) is 39.8 Å². The summed E-state index contributed by atoms with van der Waals surface area (Å²) in [6.07, 6.45) is 2.30. The van der Waals surface area contributed by atoms with Gasteiger partial charge in [-0.1, -0.05) is 0 Å². The second-order valence-corrected chi connectivity index (χ2v) is 5.98. The van der Waals surface area contributed by atoms with Gasteiger partial charge in [0.2, 0.25) is 0 Å². The second-order valence-electron chi connectivity index (χ2n) is 5.98. The lowest BCUT2D eigenvalue weighted by Crippen LogP contribution is -2.51. The molecule has 0 amide bonds. The Morgan fingerprint density at radius 2 is 2.00 bits per heavy atom. The molecule has 2 aromatic rings. The van der Waals surface area contributed by atoms with Crippen molar-refractivity contribution in [2.75, 3.05) is 20.2 Å². The SMILES string of the molecule is COc1ccc2[nH]c(C)c3c2c1CNC31CCNCC1. The van der Waals surface area contributed by atoms with Crippen LogP contribution in [0.25, 0.3) is 10.9 Å². The molecule has 20 heavy (non-hydrogen) atoms. The van der Waals surface area contributed by atoms with E-state index in [1.165, 1.54) is 27.7 Å². The number of aromatic nitrogens is 1. The van der Waals surface area contributed by atoms with E-state index in [1.807, 2.05) is 0 Å². The van der Waals surface area contributed by atoms with Gasteiger partial charge in [-0.15, -0.1) is 0 Å². The van der Waals surface area contributed by atoms with Crippen molar-refractivity contribution in [3.8, 4) is 5.75 Å². The third kappa shape index (κ3) is 1.49. The van der Waals surface area contributed by atoms with E-state index in [0.29, 0.717) is 0 Å². The fourth-order valence-corrected chi connectivity index (χ4v) is 4.06. The van der Waals surface area contributed by atoms with Crippen LogP contribution in [0.5, 0.6) is 5.75 Å². The van der Waals surface area contributed by atoms with Crippen LogP contribution in [0, 0.1) is 6.92 Å². The molecule has 0 unspecified atom stereocenters. The van der Waals surface area contributed by atoms with E-state index in [0.717, 1.165) is 38.2 Å². The van der Waals surface area contributed by atoms with Crippen LogP contribution >= 0.6 is 0 Å². The number of piperidine rings is 1. The Bertz CT molecular complexity index is 668. The molecule has 1 spiro atoms. The van der Waals surface area contributed by atoms with Crippen LogP contribution in [0.15, 0.2) is 12.1 Å². The Labute approximate surface area is 118 Å². The first-order chi connectivity index (χ1) is 9.75. The predicted octanol–water partition coefficient (Wildman–Crippen LogP) is 2.17. The van der Waals surface area contributed by atoms with E-state index in [2.05, 4.69) is 34.7 Å². The molecule has 0 radical (unpaired) electrons. The number of benzene rings is 1. The van der Waals surface area contributed by atoms with Gasteiger partial charge in [0.15, 0.2) is 0 Å². The van der Waals surface area contributed by atoms with Crippen LogP contribution in [-0.4, -0.2) is 25.2 Å². The van der Waals surface area contributed by atoms with Crippen LogP contribution < -0.4 is 15.4 Å². The Kier molecular flexibility index (Phi) is 2.59. The van der Waals surface area contributed by atoms with Crippen molar-refractivity contribution in [2.24, 2.45) is 0 Å². The summed E-state index contributed by atoms with van der Waals surface area (Å²) >= 11 is 0. The monoisotopic (exact) mass is 271 g/mol. The molecule has 1 saturated heterocycles. The molecule has 0 aliphatic carbocycles. The van der Waals surface area contributed by atoms with Gasteiger partial charge in [-0.05, 0) is 45.0 Å². The summed E-state index contributed by atoms with van der Waals surface area (Å²) in [5, 5.41) is 8.68. The third-order valence-electron chi connectivity index (χ3n) is 4.98. The summed E-state index contributed by atoms with van der Waals surface area (Å²) in [7, 11) is 1.76. The van der Waals surface area contributed by atoms with Gasteiger partial charge >= 0.3 is 0 Å². The zero-order valence-electron chi connectivity index (χ0n) is 12.1. The first kappa shape index (κ1) is 12.2. The lowest BCUT2D eigenvalue weighted by atomic mass is 9.76. The maximum atomic E-state index is 5.55. The minimum absolute atomic E-state index is 0.132. The molecule has 4 heteroatoms. The Morgan fingerprint density at radius 3 is 2.75 bits per heavy atom. The molecular weight excluding hydrogens is 250 g/mol. The van der Waals surface area contributed by atoms with E-state index in [-0.39, 0.29) is 5.54 Å². The van der Waals surface area contributed by atoms with Crippen LogP contribution in [0.4, 0.5) is 0 Å². The molecule has 2 aliphatic rings. The third-order valence-corrected chi connectivity index (χ3v) is 4.98. The van der Waals surface area contributed by atoms with Crippen molar-refractivity contribution in [3.05, 3.63) is 29.0 Å². The Hall–Kier alpha value is -1.52. The van der Waals surface area contributed by atoms with Crippen molar-refractivity contribution in [1.29, 1.82) is 0 Å². The molecule has 1 aromatic heterocycles. The van der Waals surface area contributed by atoms with Crippen LogP contribution in [0.2, 0.25) is 0 Å². The summed E-state index contributed by atoms with van der Waals surface area (Å²) in [6, 6.07) is 4.22. The number of nitrogens with one attached hydrogen (secondary N) is 3. The normalized spacial score (nSPS) is 20.5. The predicted molar refractivity (Wildman–Crippen MR) is 80.2 cm³/mol. The van der Waals surface area contributed by atoms with Gasteiger partial charge in [-0.2, -0.15) is 0 Å². The van der Waals surface area contributed by atoms with Gasteiger partial charge in [0.05, 0.1) is 7.11 Å². The fourth-order valence-electron chi connectivity index (χ4n) is 4.06. The summed E-state index contributed by atoms with van der Waals surface area (Å²) in [4.78, 5) is 3.57. The number of aromatic amines is 1. The number of hydrogen-bond donors (Lipinski definition) is 3. The fraction of sp³-hybridized carbons (Fsp3) is 0.500. The van der Waals surface area contributed by atoms with E-state index in [4.69, 9.17) is 4.74 Å². The van der Waals surface area contributed by atoms with Gasteiger partial charge in [-0.25, -0.2) is 0 Å². The maximum Gasteiger partial charge on any atom is 0.124 e. The molecule has 106 valence electrons.